The molecule has 3 rings (SSSR count). The number of nitrogens with one attached hydrogen (secondary N) is 1. The predicted molar refractivity (Wildman–Crippen MR) is 83.6 cm³/mol. The number of para-hydroxylation sites is 1. The minimum Gasteiger partial charge on any atom is -0.289 e. The number of carbonyl (C=O) groups excluding carboxylic acids is 1. The highest BCUT2D eigenvalue weighted by Gasteiger charge is 2.15. The molecule has 1 N–H and O–H groups in total. The summed E-state index contributed by atoms with van der Waals surface area (Å²) in [5.41, 5.74) is 1.01. The Hall–Kier alpha value is -2.44. The largest absolute Gasteiger partial charge is 0.289 e. The molecule has 110 valence electrons. The first-order chi connectivity index (χ1) is 10.6. The molecule has 1 heterocycles. The maximum absolute atomic E-state index is 12.3. The SMILES string of the molecule is O=C(Nc1nnnn1-c1ccccc1)c1ccc(Cl)cc1Cl. The molecule has 22 heavy (non-hydrogen) atoms. The van der Waals surface area contributed by atoms with Gasteiger partial charge >= 0.3 is 0 Å². The molecule has 0 bridgehead atoms. The average Bonchev–Trinajstić information content (AvgIpc) is 2.96. The van der Waals surface area contributed by atoms with Crippen molar-refractivity contribution in [3.05, 3.63) is 64.1 Å². The van der Waals surface area contributed by atoms with E-state index < -0.39 is 5.91 Å². The van der Waals surface area contributed by atoms with Gasteiger partial charge in [0.1, 0.15) is 0 Å². The number of rotatable bonds is 3. The van der Waals surface area contributed by atoms with Crippen molar-refractivity contribution in [2.24, 2.45) is 0 Å². The van der Waals surface area contributed by atoms with Crippen molar-refractivity contribution in [2.45, 2.75) is 0 Å². The van der Waals surface area contributed by atoms with Crippen LogP contribution >= 0.6 is 23.2 Å². The van der Waals surface area contributed by atoms with Gasteiger partial charge in [-0.2, -0.15) is 4.68 Å². The molecule has 0 saturated carbocycles. The van der Waals surface area contributed by atoms with Gasteiger partial charge in [-0.15, -0.1) is 0 Å². The van der Waals surface area contributed by atoms with Gasteiger partial charge in [-0.1, -0.05) is 46.5 Å². The van der Waals surface area contributed by atoms with E-state index in [0.29, 0.717) is 5.02 Å². The Kier molecular flexibility index (Phi) is 4.04. The molecule has 0 radical (unpaired) electrons. The van der Waals surface area contributed by atoms with Gasteiger partial charge in [0.25, 0.3) is 11.9 Å². The zero-order valence-corrected chi connectivity index (χ0v) is 12.6. The fourth-order valence-corrected chi connectivity index (χ4v) is 2.34. The first kappa shape index (κ1) is 14.5. The summed E-state index contributed by atoms with van der Waals surface area (Å²) in [4.78, 5) is 12.3. The minimum absolute atomic E-state index is 0.196. The van der Waals surface area contributed by atoms with E-state index in [1.54, 1.807) is 6.07 Å². The molecular weight excluding hydrogens is 325 g/mol. The number of tetrazole rings is 1. The van der Waals surface area contributed by atoms with Gasteiger partial charge in [0.05, 0.1) is 16.3 Å². The molecule has 3 aromatic rings. The summed E-state index contributed by atoms with van der Waals surface area (Å²) in [7, 11) is 0. The molecule has 6 nitrogen and oxygen atoms in total. The Morgan fingerprint density at radius 1 is 1.09 bits per heavy atom. The highest BCUT2D eigenvalue weighted by molar-refractivity contribution is 6.37. The van der Waals surface area contributed by atoms with Crippen LogP contribution in [0.1, 0.15) is 10.4 Å². The molecule has 1 aromatic heterocycles. The lowest BCUT2D eigenvalue weighted by atomic mass is 10.2. The monoisotopic (exact) mass is 333 g/mol. The van der Waals surface area contributed by atoms with Crippen molar-refractivity contribution < 1.29 is 4.79 Å². The molecule has 0 aliphatic carbocycles. The lowest BCUT2D eigenvalue weighted by Gasteiger charge is -2.07. The number of halogens is 2. The van der Waals surface area contributed by atoms with Gasteiger partial charge in [0.15, 0.2) is 0 Å². The van der Waals surface area contributed by atoms with E-state index in [1.807, 2.05) is 30.3 Å². The normalized spacial score (nSPS) is 10.5. The lowest BCUT2D eigenvalue weighted by molar-refractivity contribution is 0.102. The van der Waals surface area contributed by atoms with Crippen LogP contribution in [0.25, 0.3) is 5.69 Å². The summed E-state index contributed by atoms with van der Waals surface area (Å²) in [6.07, 6.45) is 0. The van der Waals surface area contributed by atoms with Crippen LogP contribution in [0.5, 0.6) is 0 Å². The van der Waals surface area contributed by atoms with E-state index >= 15 is 0 Å². The standard InChI is InChI=1S/C14H9Cl2N5O/c15-9-6-7-11(12(16)8-9)13(22)17-14-18-19-20-21(14)10-4-2-1-3-5-10/h1-8H,(H,17,18,20,22). The zero-order chi connectivity index (χ0) is 15.5. The van der Waals surface area contributed by atoms with Crippen molar-refractivity contribution in [3.8, 4) is 5.69 Å². The highest BCUT2D eigenvalue weighted by atomic mass is 35.5. The molecule has 1 amide bonds. The molecule has 0 aliphatic rings. The Labute approximate surface area is 135 Å². The molecule has 0 aliphatic heterocycles. The van der Waals surface area contributed by atoms with E-state index in [2.05, 4.69) is 20.8 Å². The number of aromatic nitrogens is 4. The summed E-state index contributed by atoms with van der Waals surface area (Å²) in [6, 6.07) is 13.8. The number of hydrogen-bond donors (Lipinski definition) is 1. The van der Waals surface area contributed by atoms with Gasteiger partial charge in [-0.05, 0) is 40.8 Å². The maximum Gasteiger partial charge on any atom is 0.259 e. The van der Waals surface area contributed by atoms with Crippen molar-refractivity contribution in [1.82, 2.24) is 20.2 Å². The number of hydrogen-bond acceptors (Lipinski definition) is 4. The molecule has 0 fully saturated rings. The summed E-state index contributed by atoms with van der Waals surface area (Å²) in [6.45, 7) is 0. The Balaban J connectivity index is 1.88. The number of anilines is 1. The van der Waals surface area contributed by atoms with Gasteiger partial charge < -0.3 is 0 Å². The Morgan fingerprint density at radius 3 is 2.59 bits per heavy atom. The third-order valence-corrected chi connectivity index (χ3v) is 3.42. The van der Waals surface area contributed by atoms with Crippen molar-refractivity contribution in [2.75, 3.05) is 5.32 Å². The van der Waals surface area contributed by atoms with Gasteiger partial charge in [0.2, 0.25) is 0 Å². The molecule has 0 atom stereocenters. The summed E-state index contributed by atoms with van der Waals surface area (Å²) < 4.78 is 1.42. The van der Waals surface area contributed by atoms with E-state index in [4.69, 9.17) is 23.2 Å². The first-order valence-corrected chi connectivity index (χ1v) is 7.01. The number of benzene rings is 2. The summed E-state index contributed by atoms with van der Waals surface area (Å²) >= 11 is 11.8. The van der Waals surface area contributed by atoms with Crippen LogP contribution < -0.4 is 5.32 Å². The first-order valence-electron chi connectivity index (χ1n) is 6.25. The predicted octanol–water partition coefficient (Wildman–Crippen LogP) is 3.22. The van der Waals surface area contributed by atoms with E-state index in [0.717, 1.165) is 5.69 Å². The highest BCUT2D eigenvalue weighted by Crippen LogP contribution is 2.22. The molecular formula is C14H9Cl2N5O. The van der Waals surface area contributed by atoms with Crippen LogP contribution in [0.15, 0.2) is 48.5 Å². The summed E-state index contributed by atoms with van der Waals surface area (Å²) in [5, 5.41) is 14.6. The smallest absolute Gasteiger partial charge is 0.259 e. The Bertz CT molecular complexity index is 819. The Morgan fingerprint density at radius 2 is 1.86 bits per heavy atom. The molecule has 0 spiro atoms. The van der Waals surface area contributed by atoms with Crippen LogP contribution in [0, 0.1) is 0 Å². The van der Waals surface area contributed by atoms with E-state index in [9.17, 15) is 4.79 Å². The second-order valence-corrected chi connectivity index (χ2v) is 5.17. The second kappa shape index (κ2) is 6.13. The number of amides is 1. The lowest BCUT2D eigenvalue weighted by Crippen LogP contribution is -2.16. The van der Waals surface area contributed by atoms with E-state index in [1.165, 1.54) is 16.8 Å². The van der Waals surface area contributed by atoms with Crippen molar-refractivity contribution >= 4 is 35.1 Å². The van der Waals surface area contributed by atoms with Crippen LogP contribution in [0.4, 0.5) is 5.95 Å². The number of carbonyl (C=O) groups is 1. The summed E-state index contributed by atoms with van der Waals surface area (Å²) in [5.74, 6) is -0.226. The quantitative estimate of drug-likeness (QED) is 0.798. The topological polar surface area (TPSA) is 72.7 Å². The van der Waals surface area contributed by atoms with Crippen LogP contribution in [-0.2, 0) is 0 Å². The van der Waals surface area contributed by atoms with Crippen LogP contribution in [0.2, 0.25) is 10.0 Å². The van der Waals surface area contributed by atoms with Gasteiger partial charge in [-0.3, -0.25) is 10.1 Å². The van der Waals surface area contributed by atoms with Crippen molar-refractivity contribution in [3.63, 3.8) is 0 Å². The fourth-order valence-electron chi connectivity index (χ4n) is 1.85. The third kappa shape index (κ3) is 2.93. The second-order valence-electron chi connectivity index (χ2n) is 4.33. The fraction of sp³-hybridized carbons (Fsp3) is 0. The molecule has 0 saturated heterocycles. The van der Waals surface area contributed by atoms with E-state index in [-0.39, 0.29) is 16.5 Å². The van der Waals surface area contributed by atoms with Crippen LogP contribution in [0.3, 0.4) is 0 Å². The molecule has 8 heteroatoms. The van der Waals surface area contributed by atoms with Crippen LogP contribution in [-0.4, -0.2) is 26.1 Å². The van der Waals surface area contributed by atoms with Gasteiger partial charge in [0, 0.05) is 5.02 Å². The maximum atomic E-state index is 12.3. The number of nitrogens with zero attached hydrogens (tertiary/aromatic N) is 4. The minimum atomic E-state index is -0.423. The average molecular weight is 334 g/mol. The van der Waals surface area contributed by atoms with Gasteiger partial charge in [-0.25, -0.2) is 0 Å². The third-order valence-electron chi connectivity index (χ3n) is 2.87. The van der Waals surface area contributed by atoms with Crippen molar-refractivity contribution in [1.29, 1.82) is 0 Å². The zero-order valence-electron chi connectivity index (χ0n) is 11.1. The molecule has 0 unspecified atom stereocenters. The molecule has 2 aromatic carbocycles.